The summed E-state index contributed by atoms with van der Waals surface area (Å²) in [5, 5.41) is 13.7. The molecule has 0 heterocycles. The number of nitro groups is 1. The Balaban J connectivity index is 2.56. The van der Waals surface area contributed by atoms with Gasteiger partial charge in [-0.05, 0) is 25.1 Å². The summed E-state index contributed by atoms with van der Waals surface area (Å²) in [4.78, 5) is 10.2. The molecule has 0 amide bonds. The Labute approximate surface area is 98.7 Å². The number of rotatable bonds is 7. The van der Waals surface area contributed by atoms with E-state index < -0.39 is 10.7 Å². The number of halogens is 1. The van der Waals surface area contributed by atoms with Gasteiger partial charge >= 0.3 is 0 Å². The van der Waals surface area contributed by atoms with Crippen molar-refractivity contribution in [2.24, 2.45) is 0 Å². The zero-order valence-electron chi connectivity index (χ0n) is 9.61. The molecule has 0 aliphatic rings. The Morgan fingerprint density at radius 1 is 1.53 bits per heavy atom. The van der Waals surface area contributed by atoms with Crippen molar-refractivity contribution in [1.29, 1.82) is 0 Å². The van der Waals surface area contributed by atoms with Crippen molar-refractivity contribution in [2.75, 3.05) is 20.3 Å². The molecule has 0 atom stereocenters. The molecular weight excluding hydrogens is 227 g/mol. The van der Waals surface area contributed by atoms with Gasteiger partial charge in [-0.3, -0.25) is 10.1 Å². The monoisotopic (exact) mass is 242 g/mol. The molecule has 5 nitrogen and oxygen atoms in total. The van der Waals surface area contributed by atoms with Gasteiger partial charge in [0.15, 0.2) is 0 Å². The Hall–Kier alpha value is -1.53. The SMILES string of the molecule is COCCCNCc1cc(F)ccc1[N+](=O)[O-]. The smallest absolute Gasteiger partial charge is 0.274 e. The molecule has 1 rings (SSSR count). The summed E-state index contributed by atoms with van der Waals surface area (Å²) in [5.74, 6) is -0.468. The number of ether oxygens (including phenoxy) is 1. The van der Waals surface area contributed by atoms with E-state index in [1.807, 2.05) is 0 Å². The number of nitrogens with zero attached hydrogens (tertiary/aromatic N) is 1. The highest BCUT2D eigenvalue weighted by Gasteiger charge is 2.13. The maximum Gasteiger partial charge on any atom is 0.274 e. The molecule has 1 aromatic carbocycles. The fourth-order valence-corrected chi connectivity index (χ4v) is 1.44. The largest absolute Gasteiger partial charge is 0.385 e. The van der Waals surface area contributed by atoms with E-state index in [-0.39, 0.29) is 12.2 Å². The summed E-state index contributed by atoms with van der Waals surface area (Å²) in [7, 11) is 1.61. The maximum absolute atomic E-state index is 13.0. The highest BCUT2D eigenvalue weighted by molar-refractivity contribution is 5.40. The third kappa shape index (κ3) is 4.46. The predicted octanol–water partition coefficient (Wildman–Crippen LogP) is 1.86. The Kier molecular flexibility index (Phi) is 5.51. The van der Waals surface area contributed by atoms with E-state index in [4.69, 9.17) is 4.74 Å². The summed E-state index contributed by atoms with van der Waals surface area (Å²) in [6, 6.07) is 3.45. The molecule has 0 fully saturated rings. The molecule has 0 bridgehead atoms. The molecule has 94 valence electrons. The van der Waals surface area contributed by atoms with E-state index >= 15 is 0 Å². The summed E-state index contributed by atoms with van der Waals surface area (Å²) in [5.41, 5.74) is 0.290. The van der Waals surface area contributed by atoms with Crippen LogP contribution in [0.5, 0.6) is 0 Å². The molecule has 1 N–H and O–H groups in total. The van der Waals surface area contributed by atoms with Gasteiger partial charge in [-0.25, -0.2) is 4.39 Å². The fraction of sp³-hybridized carbons (Fsp3) is 0.455. The minimum atomic E-state index is -0.508. The summed E-state index contributed by atoms with van der Waals surface area (Å²) in [6.07, 6.45) is 0.805. The van der Waals surface area contributed by atoms with Gasteiger partial charge in [-0.2, -0.15) is 0 Å². The lowest BCUT2D eigenvalue weighted by Gasteiger charge is -2.05. The first-order chi connectivity index (χ1) is 8.15. The van der Waals surface area contributed by atoms with Crippen LogP contribution in [0.15, 0.2) is 18.2 Å². The molecule has 0 saturated carbocycles. The van der Waals surface area contributed by atoms with Crippen LogP contribution in [0.3, 0.4) is 0 Å². The molecule has 0 saturated heterocycles. The molecular formula is C11H15FN2O3. The van der Waals surface area contributed by atoms with Crippen LogP contribution in [-0.4, -0.2) is 25.2 Å². The Morgan fingerprint density at radius 3 is 2.94 bits per heavy atom. The molecule has 1 aromatic rings. The van der Waals surface area contributed by atoms with Crippen molar-refractivity contribution < 1.29 is 14.1 Å². The van der Waals surface area contributed by atoms with Gasteiger partial charge in [0.25, 0.3) is 5.69 Å². The number of hydrogen-bond donors (Lipinski definition) is 1. The van der Waals surface area contributed by atoms with Gasteiger partial charge in [0.1, 0.15) is 5.82 Å². The Morgan fingerprint density at radius 2 is 2.29 bits per heavy atom. The lowest BCUT2D eigenvalue weighted by molar-refractivity contribution is -0.385. The highest BCUT2D eigenvalue weighted by Crippen LogP contribution is 2.19. The topological polar surface area (TPSA) is 64.4 Å². The molecule has 17 heavy (non-hydrogen) atoms. The van der Waals surface area contributed by atoms with E-state index in [1.54, 1.807) is 7.11 Å². The zero-order chi connectivity index (χ0) is 12.7. The van der Waals surface area contributed by atoms with Gasteiger partial charge in [0.2, 0.25) is 0 Å². The van der Waals surface area contributed by atoms with Gasteiger partial charge in [-0.1, -0.05) is 0 Å². The average Bonchev–Trinajstić information content (AvgIpc) is 2.28. The first-order valence-corrected chi connectivity index (χ1v) is 5.27. The second-order valence-corrected chi connectivity index (χ2v) is 3.55. The van der Waals surface area contributed by atoms with E-state index in [1.165, 1.54) is 12.1 Å². The van der Waals surface area contributed by atoms with Gasteiger partial charge in [0, 0.05) is 31.9 Å². The molecule has 0 aromatic heterocycles. The number of methoxy groups -OCH3 is 1. The highest BCUT2D eigenvalue weighted by atomic mass is 19.1. The lowest BCUT2D eigenvalue weighted by atomic mass is 10.1. The molecule has 0 aliphatic heterocycles. The first-order valence-electron chi connectivity index (χ1n) is 5.27. The number of nitrogens with one attached hydrogen (secondary N) is 1. The normalized spacial score (nSPS) is 10.5. The predicted molar refractivity (Wildman–Crippen MR) is 61.3 cm³/mol. The van der Waals surface area contributed by atoms with Crippen LogP contribution in [0.4, 0.5) is 10.1 Å². The summed E-state index contributed by atoms with van der Waals surface area (Å²) in [6.45, 7) is 1.57. The third-order valence-electron chi connectivity index (χ3n) is 2.26. The molecule has 0 aliphatic carbocycles. The second-order valence-electron chi connectivity index (χ2n) is 3.55. The summed E-state index contributed by atoms with van der Waals surface area (Å²) >= 11 is 0. The number of hydrogen-bond acceptors (Lipinski definition) is 4. The lowest BCUT2D eigenvalue weighted by Crippen LogP contribution is -2.17. The second kappa shape index (κ2) is 6.93. The quantitative estimate of drug-likeness (QED) is 0.450. The van der Waals surface area contributed by atoms with E-state index in [0.717, 1.165) is 12.5 Å². The van der Waals surface area contributed by atoms with E-state index in [0.29, 0.717) is 18.7 Å². The molecule has 0 unspecified atom stereocenters. The summed E-state index contributed by atoms with van der Waals surface area (Å²) < 4.78 is 17.8. The van der Waals surface area contributed by atoms with Crippen molar-refractivity contribution in [1.82, 2.24) is 5.32 Å². The van der Waals surface area contributed by atoms with Crippen LogP contribution >= 0.6 is 0 Å². The third-order valence-corrected chi connectivity index (χ3v) is 2.26. The molecule has 0 radical (unpaired) electrons. The number of nitro benzene ring substituents is 1. The number of benzene rings is 1. The van der Waals surface area contributed by atoms with Crippen LogP contribution < -0.4 is 5.32 Å². The van der Waals surface area contributed by atoms with Crippen molar-refractivity contribution in [3.63, 3.8) is 0 Å². The minimum absolute atomic E-state index is 0.0642. The van der Waals surface area contributed by atoms with Crippen LogP contribution in [0, 0.1) is 15.9 Å². The van der Waals surface area contributed by atoms with Gasteiger partial charge in [0.05, 0.1) is 4.92 Å². The van der Waals surface area contributed by atoms with Crippen molar-refractivity contribution in [2.45, 2.75) is 13.0 Å². The van der Waals surface area contributed by atoms with Crippen LogP contribution in [0.25, 0.3) is 0 Å². The standard InChI is InChI=1S/C11H15FN2O3/c1-17-6-2-5-13-8-9-7-10(12)3-4-11(9)14(15)16/h3-4,7,13H,2,5-6,8H2,1H3. The maximum atomic E-state index is 13.0. The van der Waals surface area contributed by atoms with Crippen molar-refractivity contribution in [3.8, 4) is 0 Å². The average molecular weight is 242 g/mol. The van der Waals surface area contributed by atoms with E-state index in [2.05, 4.69) is 5.32 Å². The van der Waals surface area contributed by atoms with Crippen molar-refractivity contribution >= 4 is 5.69 Å². The minimum Gasteiger partial charge on any atom is -0.385 e. The van der Waals surface area contributed by atoms with E-state index in [9.17, 15) is 14.5 Å². The first kappa shape index (κ1) is 13.5. The zero-order valence-corrected chi connectivity index (χ0v) is 9.61. The van der Waals surface area contributed by atoms with Crippen LogP contribution in [0.1, 0.15) is 12.0 Å². The molecule has 0 spiro atoms. The van der Waals surface area contributed by atoms with Crippen molar-refractivity contribution in [3.05, 3.63) is 39.7 Å². The fourth-order valence-electron chi connectivity index (χ4n) is 1.44. The molecule has 6 heteroatoms. The van der Waals surface area contributed by atoms with Gasteiger partial charge < -0.3 is 10.1 Å². The van der Waals surface area contributed by atoms with Gasteiger partial charge in [-0.15, -0.1) is 0 Å². The Bertz CT molecular complexity index is 385. The van der Waals surface area contributed by atoms with Crippen LogP contribution in [0.2, 0.25) is 0 Å². The van der Waals surface area contributed by atoms with Crippen LogP contribution in [-0.2, 0) is 11.3 Å².